The third-order valence-electron chi connectivity index (χ3n) is 2.82. The van der Waals surface area contributed by atoms with Crippen LogP contribution in [0, 0.1) is 11.5 Å². The van der Waals surface area contributed by atoms with E-state index in [2.05, 4.69) is 17.1 Å². The van der Waals surface area contributed by atoms with Crippen molar-refractivity contribution in [2.24, 2.45) is 4.99 Å². The predicted octanol–water partition coefficient (Wildman–Crippen LogP) is 2.99. The summed E-state index contributed by atoms with van der Waals surface area (Å²) in [6, 6.07) is 16.1. The van der Waals surface area contributed by atoms with E-state index in [-0.39, 0.29) is 0 Å². The van der Waals surface area contributed by atoms with E-state index in [9.17, 15) is 0 Å². The third-order valence-corrected chi connectivity index (χ3v) is 2.82. The average Bonchev–Trinajstić information content (AvgIpc) is 2.66. The van der Waals surface area contributed by atoms with Gasteiger partial charge < -0.3 is 0 Å². The molecule has 16 heavy (non-hydrogen) atoms. The molecule has 74 valence electrons. The number of nitrogens with zero attached hydrogens (tertiary/aromatic N) is 2. The molecule has 0 atom stereocenters. The molecule has 0 spiro atoms. The average molecular weight is 204 g/mol. The number of rotatable bonds is 0. The van der Waals surface area contributed by atoms with E-state index in [4.69, 9.17) is 5.26 Å². The van der Waals surface area contributed by atoms with Crippen molar-refractivity contribution < 1.29 is 0 Å². The topological polar surface area (TPSA) is 36.1 Å². The summed E-state index contributed by atoms with van der Waals surface area (Å²) in [5.41, 5.74) is 5.20. The smallest absolute Gasteiger partial charge is 0.172 e. The van der Waals surface area contributed by atoms with Crippen molar-refractivity contribution in [3.63, 3.8) is 0 Å². The molecule has 1 aliphatic rings. The van der Waals surface area contributed by atoms with Crippen molar-refractivity contribution in [3.8, 4) is 17.3 Å². The minimum absolute atomic E-state index is 0.786. The van der Waals surface area contributed by atoms with Crippen molar-refractivity contribution in [2.75, 3.05) is 0 Å². The fourth-order valence-electron chi connectivity index (χ4n) is 2.16. The molecular weight excluding hydrogens is 196 g/mol. The Labute approximate surface area is 93.5 Å². The second-order valence-electron chi connectivity index (χ2n) is 3.65. The maximum Gasteiger partial charge on any atom is 0.206 e. The molecule has 0 aromatic heterocycles. The normalized spacial score (nSPS) is 11.6. The summed E-state index contributed by atoms with van der Waals surface area (Å²) in [4.78, 5) is 3.93. The Balaban J connectivity index is 2.40. The van der Waals surface area contributed by atoms with Crippen LogP contribution in [-0.4, -0.2) is 5.71 Å². The fourth-order valence-corrected chi connectivity index (χ4v) is 2.16. The molecular formula is C14H8N2. The van der Waals surface area contributed by atoms with Gasteiger partial charge in [-0.3, -0.25) is 0 Å². The van der Waals surface area contributed by atoms with Gasteiger partial charge in [-0.05, 0) is 11.1 Å². The van der Waals surface area contributed by atoms with Crippen LogP contribution in [0.4, 0.5) is 0 Å². The summed E-state index contributed by atoms with van der Waals surface area (Å²) >= 11 is 0. The lowest BCUT2D eigenvalue weighted by atomic mass is 10.1. The first kappa shape index (κ1) is 8.87. The zero-order valence-electron chi connectivity index (χ0n) is 8.51. The second-order valence-corrected chi connectivity index (χ2v) is 3.65. The van der Waals surface area contributed by atoms with Gasteiger partial charge in [0.15, 0.2) is 0 Å². The molecule has 1 aliphatic carbocycles. The number of hydrogen-bond donors (Lipinski definition) is 0. The first-order valence-electron chi connectivity index (χ1n) is 5.08. The molecule has 0 radical (unpaired) electrons. The van der Waals surface area contributed by atoms with E-state index < -0.39 is 0 Å². The van der Waals surface area contributed by atoms with Crippen molar-refractivity contribution in [3.05, 3.63) is 59.7 Å². The van der Waals surface area contributed by atoms with Gasteiger partial charge in [-0.15, -0.1) is 0 Å². The summed E-state index contributed by atoms with van der Waals surface area (Å²) in [6.45, 7) is 0. The van der Waals surface area contributed by atoms with Crippen LogP contribution in [0.25, 0.3) is 11.1 Å². The van der Waals surface area contributed by atoms with Gasteiger partial charge in [0, 0.05) is 11.1 Å². The Morgan fingerprint density at radius 1 is 0.750 bits per heavy atom. The maximum absolute atomic E-state index is 8.74. The van der Waals surface area contributed by atoms with Crippen LogP contribution in [0.15, 0.2) is 53.5 Å². The summed E-state index contributed by atoms with van der Waals surface area (Å²) < 4.78 is 0. The Hall–Kier alpha value is -2.40. The molecule has 2 aromatic rings. The number of fused-ring (bicyclic) bond motifs is 3. The lowest BCUT2D eigenvalue weighted by molar-refractivity contribution is 1.43. The molecule has 3 rings (SSSR count). The molecule has 2 aromatic carbocycles. The molecule has 0 saturated carbocycles. The molecule has 0 bridgehead atoms. The number of nitriles is 1. The molecule has 0 saturated heterocycles. The van der Waals surface area contributed by atoms with E-state index in [0.29, 0.717) is 0 Å². The SMILES string of the molecule is N#CN=C1c2ccccc2-c2ccccc21. The molecule has 0 aliphatic heterocycles. The molecule has 2 heteroatoms. The Morgan fingerprint density at radius 2 is 1.19 bits per heavy atom. The van der Waals surface area contributed by atoms with Gasteiger partial charge >= 0.3 is 0 Å². The van der Waals surface area contributed by atoms with Gasteiger partial charge in [-0.2, -0.15) is 10.3 Å². The maximum atomic E-state index is 8.74. The minimum Gasteiger partial charge on any atom is -0.172 e. The van der Waals surface area contributed by atoms with Crippen LogP contribution in [-0.2, 0) is 0 Å². The zero-order chi connectivity index (χ0) is 11.0. The van der Waals surface area contributed by atoms with E-state index in [0.717, 1.165) is 28.0 Å². The molecule has 0 heterocycles. The number of benzene rings is 2. The van der Waals surface area contributed by atoms with E-state index in [1.165, 1.54) is 0 Å². The zero-order valence-corrected chi connectivity index (χ0v) is 8.51. The minimum atomic E-state index is 0.786. The fraction of sp³-hybridized carbons (Fsp3) is 0. The third kappa shape index (κ3) is 1.09. The highest BCUT2D eigenvalue weighted by atomic mass is 14.7. The first-order valence-corrected chi connectivity index (χ1v) is 5.08. The van der Waals surface area contributed by atoms with E-state index in [1.807, 2.05) is 42.6 Å². The molecule has 0 fully saturated rings. The number of aliphatic imine (C=N–C) groups is 1. The molecule has 0 N–H and O–H groups in total. The lowest BCUT2D eigenvalue weighted by Gasteiger charge is -1.96. The van der Waals surface area contributed by atoms with Crippen molar-refractivity contribution in [2.45, 2.75) is 0 Å². The van der Waals surface area contributed by atoms with Crippen molar-refractivity contribution >= 4 is 5.71 Å². The quantitative estimate of drug-likeness (QED) is 0.518. The van der Waals surface area contributed by atoms with Crippen LogP contribution in [0.5, 0.6) is 0 Å². The largest absolute Gasteiger partial charge is 0.206 e. The first-order chi connectivity index (χ1) is 7.92. The van der Waals surface area contributed by atoms with Gasteiger partial charge in [0.1, 0.15) is 0 Å². The van der Waals surface area contributed by atoms with E-state index in [1.54, 1.807) is 0 Å². The van der Waals surface area contributed by atoms with Gasteiger partial charge in [0.2, 0.25) is 6.19 Å². The highest BCUT2D eigenvalue weighted by Crippen LogP contribution is 2.36. The Morgan fingerprint density at radius 3 is 1.62 bits per heavy atom. The second kappa shape index (κ2) is 3.32. The van der Waals surface area contributed by atoms with E-state index >= 15 is 0 Å². The monoisotopic (exact) mass is 204 g/mol. The van der Waals surface area contributed by atoms with Crippen molar-refractivity contribution in [1.82, 2.24) is 0 Å². The Bertz CT molecular complexity index is 586. The molecule has 0 unspecified atom stereocenters. The summed E-state index contributed by atoms with van der Waals surface area (Å²) in [6.07, 6.45) is 1.88. The van der Waals surface area contributed by atoms with Crippen LogP contribution < -0.4 is 0 Å². The van der Waals surface area contributed by atoms with Crippen LogP contribution >= 0.6 is 0 Å². The van der Waals surface area contributed by atoms with Crippen molar-refractivity contribution in [1.29, 1.82) is 5.26 Å². The lowest BCUT2D eigenvalue weighted by Crippen LogP contribution is -1.96. The molecule has 0 amide bonds. The standard InChI is InChI=1S/C14H8N2/c15-9-16-14-12-7-3-1-5-10(12)11-6-2-4-8-13(11)14/h1-8H. The highest BCUT2D eigenvalue weighted by Gasteiger charge is 2.23. The van der Waals surface area contributed by atoms with Gasteiger partial charge in [-0.1, -0.05) is 48.5 Å². The molecule has 2 nitrogen and oxygen atoms in total. The predicted molar refractivity (Wildman–Crippen MR) is 63.1 cm³/mol. The van der Waals surface area contributed by atoms with Crippen LogP contribution in [0.2, 0.25) is 0 Å². The number of hydrogen-bond acceptors (Lipinski definition) is 2. The van der Waals surface area contributed by atoms with Crippen LogP contribution in [0.3, 0.4) is 0 Å². The summed E-state index contributed by atoms with van der Waals surface area (Å²) in [5, 5.41) is 8.74. The van der Waals surface area contributed by atoms with Gasteiger partial charge in [0.25, 0.3) is 0 Å². The summed E-state index contributed by atoms with van der Waals surface area (Å²) in [7, 11) is 0. The van der Waals surface area contributed by atoms with Crippen LogP contribution in [0.1, 0.15) is 11.1 Å². The van der Waals surface area contributed by atoms with Gasteiger partial charge in [-0.25, -0.2) is 0 Å². The van der Waals surface area contributed by atoms with Gasteiger partial charge in [0.05, 0.1) is 5.71 Å². The Kier molecular flexibility index (Phi) is 1.84. The highest BCUT2D eigenvalue weighted by molar-refractivity contribution is 6.24. The summed E-state index contributed by atoms with van der Waals surface area (Å²) in [5.74, 6) is 0.